The van der Waals surface area contributed by atoms with Crippen molar-refractivity contribution in [2.75, 3.05) is 11.6 Å². The molecule has 1 atom stereocenters. The number of benzene rings is 1. The zero-order chi connectivity index (χ0) is 21.6. The number of hydrogen-bond donors (Lipinski definition) is 3. The Bertz CT molecular complexity index is 1260. The minimum Gasteiger partial charge on any atom is -0.382 e. The number of hydrogen-bond acceptors (Lipinski definition) is 4. The Morgan fingerprint density at radius 1 is 1.17 bits per heavy atom. The normalized spacial score (nSPS) is 21.5. The van der Waals surface area contributed by atoms with Gasteiger partial charge in [0, 0.05) is 58.3 Å². The Labute approximate surface area is 177 Å². The van der Waals surface area contributed by atoms with Crippen LogP contribution in [0.1, 0.15) is 38.3 Å². The second-order valence-electron chi connectivity index (χ2n) is 8.85. The topological polar surface area (TPSA) is 90.7 Å². The van der Waals surface area contributed by atoms with E-state index in [4.69, 9.17) is 4.78 Å². The number of nitrogens with zero attached hydrogens (tertiary/aromatic N) is 1. The van der Waals surface area contributed by atoms with Gasteiger partial charge in [0.15, 0.2) is 0 Å². The number of anilines is 1. The molecule has 0 bridgehead atoms. The first-order valence-corrected chi connectivity index (χ1v) is 12.4. The van der Waals surface area contributed by atoms with Crippen molar-refractivity contribution in [2.24, 2.45) is 13.0 Å². The quantitative estimate of drug-likeness (QED) is 0.556. The van der Waals surface area contributed by atoms with Crippen LogP contribution in [0.25, 0.3) is 22.0 Å². The number of aryl methyl sites for hydroxylation is 2. The number of aromatic amines is 1. The van der Waals surface area contributed by atoms with E-state index in [9.17, 15) is 9.00 Å². The Kier molecular flexibility index (Phi) is 5.26. The molecule has 2 heterocycles. The molecule has 2 aromatic heterocycles. The lowest BCUT2D eigenvalue weighted by Gasteiger charge is -2.29. The van der Waals surface area contributed by atoms with Crippen molar-refractivity contribution in [1.82, 2.24) is 9.55 Å². The van der Waals surface area contributed by atoms with E-state index in [0.717, 1.165) is 46.7 Å². The highest BCUT2D eigenvalue weighted by Crippen LogP contribution is 2.36. The lowest BCUT2D eigenvalue weighted by atomic mass is 9.87. The smallest absolute Gasteiger partial charge is 0.274 e. The van der Waals surface area contributed by atoms with Crippen LogP contribution in [0.4, 0.5) is 5.69 Å². The Hall–Kier alpha value is -2.54. The molecule has 1 aromatic carbocycles. The molecule has 1 aliphatic carbocycles. The molecule has 6 nitrogen and oxygen atoms in total. The third-order valence-corrected chi connectivity index (χ3v) is 7.36. The van der Waals surface area contributed by atoms with Crippen LogP contribution in [0.2, 0.25) is 0 Å². The summed E-state index contributed by atoms with van der Waals surface area (Å²) in [6, 6.07) is 7.95. The molecule has 3 aromatic rings. The van der Waals surface area contributed by atoms with Crippen molar-refractivity contribution >= 4 is 26.3 Å². The molecule has 1 unspecified atom stereocenters. The van der Waals surface area contributed by atoms with Gasteiger partial charge in [-0.25, -0.2) is 8.99 Å². The van der Waals surface area contributed by atoms with E-state index in [1.165, 1.54) is 19.1 Å². The van der Waals surface area contributed by atoms with Crippen molar-refractivity contribution in [3.05, 3.63) is 46.5 Å². The van der Waals surface area contributed by atoms with E-state index < -0.39 is 9.73 Å². The van der Waals surface area contributed by atoms with Gasteiger partial charge >= 0.3 is 0 Å². The third-order valence-electron chi connectivity index (χ3n) is 6.21. The van der Waals surface area contributed by atoms with Gasteiger partial charge in [-0.1, -0.05) is 6.92 Å². The molecule has 4 rings (SSSR count). The van der Waals surface area contributed by atoms with Gasteiger partial charge in [-0.2, -0.15) is 0 Å². The van der Waals surface area contributed by atoms with E-state index in [1.807, 2.05) is 31.3 Å². The van der Waals surface area contributed by atoms with Crippen molar-refractivity contribution in [3.8, 4) is 11.1 Å². The third kappa shape index (κ3) is 3.90. The van der Waals surface area contributed by atoms with Gasteiger partial charge in [-0.05, 0) is 62.8 Å². The van der Waals surface area contributed by atoms with Crippen LogP contribution in [0.3, 0.4) is 0 Å². The maximum atomic E-state index is 12.6. The maximum Gasteiger partial charge on any atom is 0.274 e. The second kappa shape index (κ2) is 7.61. The first kappa shape index (κ1) is 20.7. The predicted octanol–water partition coefficient (Wildman–Crippen LogP) is 4.87. The van der Waals surface area contributed by atoms with Crippen LogP contribution in [0.15, 0.2) is 40.2 Å². The first-order chi connectivity index (χ1) is 14.1. The fourth-order valence-electron chi connectivity index (χ4n) is 4.42. The zero-order valence-electron chi connectivity index (χ0n) is 18.0. The monoisotopic (exact) mass is 426 g/mol. The SMILES string of the molecule is Cc1cc2c(-c3cc(S(C)(=N)=O)ccc3NC3CCC(C)CC3)cn(C)c(=O)c2[nH]1. The van der Waals surface area contributed by atoms with Gasteiger partial charge in [-0.15, -0.1) is 0 Å². The number of pyridine rings is 1. The summed E-state index contributed by atoms with van der Waals surface area (Å²) in [5.74, 6) is 0.768. The zero-order valence-corrected chi connectivity index (χ0v) is 18.9. The molecular formula is C23H30N4O2S. The lowest BCUT2D eigenvalue weighted by Crippen LogP contribution is -2.25. The van der Waals surface area contributed by atoms with Crippen LogP contribution < -0.4 is 10.9 Å². The summed E-state index contributed by atoms with van der Waals surface area (Å²) in [6.45, 7) is 4.24. The molecule has 0 aliphatic heterocycles. The molecule has 30 heavy (non-hydrogen) atoms. The van der Waals surface area contributed by atoms with Gasteiger partial charge < -0.3 is 14.9 Å². The molecule has 1 aliphatic rings. The summed E-state index contributed by atoms with van der Waals surface area (Å²) < 4.78 is 22.1. The van der Waals surface area contributed by atoms with Gasteiger partial charge in [-0.3, -0.25) is 4.79 Å². The van der Waals surface area contributed by atoms with E-state index >= 15 is 0 Å². The number of aromatic nitrogens is 2. The van der Waals surface area contributed by atoms with Crippen LogP contribution in [-0.2, 0) is 16.8 Å². The molecule has 0 saturated heterocycles. The Morgan fingerprint density at radius 3 is 2.53 bits per heavy atom. The van der Waals surface area contributed by atoms with Gasteiger partial charge in [0.2, 0.25) is 0 Å². The van der Waals surface area contributed by atoms with Gasteiger partial charge in [0.25, 0.3) is 5.56 Å². The van der Waals surface area contributed by atoms with E-state index in [0.29, 0.717) is 16.5 Å². The fourth-order valence-corrected chi connectivity index (χ4v) is 5.09. The Morgan fingerprint density at radius 2 is 1.87 bits per heavy atom. The highest BCUT2D eigenvalue weighted by Gasteiger charge is 2.21. The standard InChI is InChI=1S/C23H30N4O2S/c1-14-5-7-16(8-6-14)26-21-10-9-17(30(4,24)29)12-18(21)20-13-27(3)23(28)22-19(20)11-15(2)25-22/h9-14,16,24-26H,5-8H2,1-4H3. The van der Waals surface area contributed by atoms with Crippen LogP contribution in [0.5, 0.6) is 0 Å². The van der Waals surface area contributed by atoms with Crippen molar-refractivity contribution in [2.45, 2.75) is 50.5 Å². The minimum atomic E-state index is -2.86. The lowest BCUT2D eigenvalue weighted by molar-refractivity contribution is 0.361. The number of nitrogens with one attached hydrogen (secondary N) is 3. The second-order valence-corrected chi connectivity index (χ2v) is 11.0. The van der Waals surface area contributed by atoms with Crippen LogP contribution in [0, 0.1) is 17.6 Å². The summed E-state index contributed by atoms with van der Waals surface area (Å²) in [5.41, 5.74) is 4.15. The molecule has 160 valence electrons. The number of rotatable bonds is 4. The van der Waals surface area contributed by atoms with Gasteiger partial charge in [0.05, 0.1) is 9.73 Å². The summed E-state index contributed by atoms with van der Waals surface area (Å²) >= 11 is 0. The van der Waals surface area contributed by atoms with Crippen LogP contribution >= 0.6 is 0 Å². The Balaban J connectivity index is 1.90. The highest BCUT2D eigenvalue weighted by atomic mass is 32.2. The molecule has 0 radical (unpaired) electrons. The fraction of sp³-hybridized carbons (Fsp3) is 0.435. The van der Waals surface area contributed by atoms with E-state index in [-0.39, 0.29) is 5.56 Å². The summed E-state index contributed by atoms with van der Waals surface area (Å²) in [5, 5.41) is 4.55. The molecule has 1 saturated carbocycles. The average Bonchev–Trinajstić information content (AvgIpc) is 3.08. The highest BCUT2D eigenvalue weighted by molar-refractivity contribution is 7.91. The predicted molar refractivity (Wildman–Crippen MR) is 124 cm³/mol. The van der Waals surface area contributed by atoms with Crippen molar-refractivity contribution < 1.29 is 4.21 Å². The van der Waals surface area contributed by atoms with E-state index in [2.05, 4.69) is 17.2 Å². The number of H-pyrrole nitrogens is 1. The van der Waals surface area contributed by atoms with Gasteiger partial charge in [0.1, 0.15) is 5.52 Å². The van der Waals surface area contributed by atoms with Crippen LogP contribution in [-0.4, -0.2) is 26.1 Å². The summed E-state index contributed by atoms with van der Waals surface area (Å²) in [7, 11) is -1.12. The average molecular weight is 427 g/mol. The largest absolute Gasteiger partial charge is 0.382 e. The molecule has 1 fully saturated rings. The van der Waals surface area contributed by atoms with E-state index in [1.54, 1.807) is 17.7 Å². The maximum absolute atomic E-state index is 12.6. The number of fused-ring (bicyclic) bond motifs is 1. The summed E-state index contributed by atoms with van der Waals surface area (Å²) in [4.78, 5) is 16.3. The minimum absolute atomic E-state index is 0.0754. The van der Waals surface area contributed by atoms with Crippen molar-refractivity contribution in [3.63, 3.8) is 0 Å². The molecule has 0 spiro atoms. The molecule has 7 heteroatoms. The molecule has 0 amide bonds. The summed E-state index contributed by atoms with van der Waals surface area (Å²) in [6.07, 6.45) is 7.95. The molecular weight excluding hydrogens is 396 g/mol. The first-order valence-electron chi connectivity index (χ1n) is 10.5. The molecule has 3 N–H and O–H groups in total. The van der Waals surface area contributed by atoms with Crippen molar-refractivity contribution in [1.29, 1.82) is 4.78 Å².